The quantitative estimate of drug-likeness (QED) is 0.473. The first-order valence-corrected chi connectivity index (χ1v) is 6.81. The van der Waals surface area contributed by atoms with Gasteiger partial charge in [-0.3, -0.25) is 0 Å². The smallest absolute Gasteiger partial charge is 0.161 e. The average Bonchev–Trinajstić information content (AvgIpc) is 2.34. The summed E-state index contributed by atoms with van der Waals surface area (Å²) >= 11 is 2.36. The van der Waals surface area contributed by atoms with E-state index in [4.69, 9.17) is 14.6 Å². The summed E-state index contributed by atoms with van der Waals surface area (Å²) in [5.41, 5.74) is 0.830. The Hall–Kier alpha value is -0.490. The molecular formula is C12H17IO3. The predicted octanol–water partition coefficient (Wildman–Crippen LogP) is 2.78. The maximum Gasteiger partial charge on any atom is 0.161 e. The summed E-state index contributed by atoms with van der Waals surface area (Å²) in [5.74, 6) is 1.43. The first-order valence-electron chi connectivity index (χ1n) is 5.28. The second kappa shape index (κ2) is 7.73. The molecule has 0 atom stereocenters. The Bertz CT molecular complexity index is 315. The van der Waals surface area contributed by atoms with Crippen molar-refractivity contribution in [1.82, 2.24) is 0 Å². The molecule has 0 aliphatic heterocycles. The van der Waals surface area contributed by atoms with Crippen LogP contribution in [0.4, 0.5) is 0 Å². The minimum Gasteiger partial charge on any atom is -0.493 e. The van der Waals surface area contributed by atoms with Crippen molar-refractivity contribution < 1.29 is 14.6 Å². The first-order chi connectivity index (χ1) is 7.81. The van der Waals surface area contributed by atoms with Gasteiger partial charge in [0.2, 0.25) is 0 Å². The second-order valence-electron chi connectivity index (χ2n) is 3.39. The van der Waals surface area contributed by atoms with Crippen LogP contribution in [0.3, 0.4) is 0 Å². The second-order valence-corrected chi connectivity index (χ2v) is 4.47. The molecule has 0 bridgehead atoms. The van der Waals surface area contributed by atoms with E-state index in [1.54, 1.807) is 13.2 Å². The van der Waals surface area contributed by atoms with Gasteiger partial charge in [0, 0.05) is 0 Å². The fraction of sp³-hybridized carbons (Fsp3) is 0.500. The molecule has 0 saturated carbocycles. The Morgan fingerprint density at radius 2 is 2.06 bits per heavy atom. The van der Waals surface area contributed by atoms with E-state index in [1.165, 1.54) is 0 Å². The van der Waals surface area contributed by atoms with Crippen LogP contribution >= 0.6 is 22.6 Å². The number of unbranched alkanes of at least 4 members (excludes halogenated alkanes) is 1. The van der Waals surface area contributed by atoms with E-state index in [-0.39, 0.29) is 6.61 Å². The highest BCUT2D eigenvalue weighted by atomic mass is 127. The SMILES string of the molecule is COc1cc(CO)ccc1OCCCCI. The van der Waals surface area contributed by atoms with Gasteiger partial charge in [0.25, 0.3) is 0 Å². The maximum absolute atomic E-state index is 9.00. The van der Waals surface area contributed by atoms with Crippen LogP contribution in [-0.4, -0.2) is 23.3 Å². The summed E-state index contributed by atoms with van der Waals surface area (Å²) < 4.78 is 12.0. The summed E-state index contributed by atoms with van der Waals surface area (Å²) in [6.07, 6.45) is 2.21. The van der Waals surface area contributed by atoms with Crippen LogP contribution in [0, 0.1) is 0 Å². The Balaban J connectivity index is 2.57. The van der Waals surface area contributed by atoms with Gasteiger partial charge in [0.1, 0.15) is 0 Å². The normalized spacial score (nSPS) is 10.2. The van der Waals surface area contributed by atoms with Crippen molar-refractivity contribution in [3.05, 3.63) is 23.8 Å². The number of alkyl halides is 1. The molecule has 1 aromatic rings. The lowest BCUT2D eigenvalue weighted by molar-refractivity contribution is 0.276. The molecule has 1 N–H and O–H groups in total. The standard InChI is InChI=1S/C12H17IO3/c1-15-12-8-10(9-14)4-5-11(12)16-7-3-2-6-13/h4-5,8,14H,2-3,6-7,9H2,1H3. The average molecular weight is 336 g/mol. The molecule has 0 aromatic heterocycles. The van der Waals surface area contributed by atoms with Crippen molar-refractivity contribution in [3.63, 3.8) is 0 Å². The number of aliphatic hydroxyl groups is 1. The largest absolute Gasteiger partial charge is 0.493 e. The molecule has 0 aliphatic carbocycles. The number of halogens is 1. The van der Waals surface area contributed by atoms with Gasteiger partial charge in [-0.25, -0.2) is 0 Å². The van der Waals surface area contributed by atoms with Crippen molar-refractivity contribution in [2.75, 3.05) is 18.1 Å². The Labute approximate surface area is 110 Å². The van der Waals surface area contributed by atoms with E-state index in [9.17, 15) is 0 Å². The molecular weight excluding hydrogens is 319 g/mol. The van der Waals surface area contributed by atoms with E-state index >= 15 is 0 Å². The number of hydrogen-bond donors (Lipinski definition) is 1. The van der Waals surface area contributed by atoms with Crippen molar-refractivity contribution in [2.24, 2.45) is 0 Å². The molecule has 0 amide bonds. The van der Waals surface area contributed by atoms with Crippen LogP contribution in [-0.2, 0) is 6.61 Å². The third-order valence-electron chi connectivity index (χ3n) is 2.20. The van der Waals surface area contributed by atoms with Gasteiger partial charge in [-0.2, -0.15) is 0 Å². The molecule has 16 heavy (non-hydrogen) atoms. The highest BCUT2D eigenvalue weighted by Crippen LogP contribution is 2.28. The van der Waals surface area contributed by atoms with Crippen molar-refractivity contribution >= 4 is 22.6 Å². The van der Waals surface area contributed by atoms with Crippen molar-refractivity contribution in [3.8, 4) is 11.5 Å². The molecule has 90 valence electrons. The fourth-order valence-corrected chi connectivity index (χ4v) is 1.85. The summed E-state index contributed by atoms with van der Waals surface area (Å²) in [5, 5.41) is 9.00. The molecule has 1 rings (SSSR count). The monoisotopic (exact) mass is 336 g/mol. The van der Waals surface area contributed by atoms with Crippen LogP contribution in [0.1, 0.15) is 18.4 Å². The van der Waals surface area contributed by atoms with Gasteiger partial charge in [0.15, 0.2) is 11.5 Å². The number of benzene rings is 1. The van der Waals surface area contributed by atoms with Gasteiger partial charge in [-0.15, -0.1) is 0 Å². The number of aliphatic hydroxyl groups excluding tert-OH is 1. The zero-order chi connectivity index (χ0) is 11.8. The van der Waals surface area contributed by atoms with E-state index in [0.717, 1.165) is 28.6 Å². The van der Waals surface area contributed by atoms with Crippen LogP contribution in [0.25, 0.3) is 0 Å². The Kier molecular flexibility index (Phi) is 6.56. The predicted molar refractivity (Wildman–Crippen MR) is 72.5 cm³/mol. The van der Waals surface area contributed by atoms with E-state index in [0.29, 0.717) is 12.4 Å². The van der Waals surface area contributed by atoms with E-state index in [2.05, 4.69) is 22.6 Å². The number of methoxy groups -OCH3 is 1. The number of rotatable bonds is 7. The molecule has 1 aromatic carbocycles. The van der Waals surface area contributed by atoms with Gasteiger partial charge in [-0.05, 0) is 35.0 Å². The first kappa shape index (κ1) is 13.6. The molecule has 0 unspecified atom stereocenters. The summed E-state index contributed by atoms with van der Waals surface area (Å²) in [7, 11) is 1.61. The number of hydrogen-bond acceptors (Lipinski definition) is 3. The molecule has 0 radical (unpaired) electrons. The van der Waals surface area contributed by atoms with Crippen molar-refractivity contribution in [2.45, 2.75) is 19.4 Å². The van der Waals surface area contributed by atoms with Crippen molar-refractivity contribution in [1.29, 1.82) is 0 Å². The summed E-state index contributed by atoms with van der Waals surface area (Å²) in [4.78, 5) is 0. The highest BCUT2D eigenvalue weighted by Gasteiger charge is 2.04. The minimum absolute atomic E-state index is 0.0193. The third-order valence-corrected chi connectivity index (χ3v) is 2.96. The van der Waals surface area contributed by atoms with Gasteiger partial charge in [0.05, 0.1) is 20.3 Å². The molecule has 0 saturated heterocycles. The Morgan fingerprint density at radius 3 is 2.69 bits per heavy atom. The molecule has 0 heterocycles. The fourth-order valence-electron chi connectivity index (χ4n) is 1.31. The lowest BCUT2D eigenvalue weighted by atomic mass is 10.2. The zero-order valence-corrected chi connectivity index (χ0v) is 11.6. The maximum atomic E-state index is 9.00. The molecule has 4 heteroatoms. The van der Waals surface area contributed by atoms with Gasteiger partial charge in [-0.1, -0.05) is 28.7 Å². The third kappa shape index (κ3) is 4.17. The molecule has 3 nitrogen and oxygen atoms in total. The molecule has 0 fully saturated rings. The summed E-state index contributed by atoms with van der Waals surface area (Å²) in [6, 6.07) is 5.48. The number of ether oxygens (including phenoxy) is 2. The van der Waals surface area contributed by atoms with E-state index in [1.807, 2.05) is 12.1 Å². The molecule has 0 spiro atoms. The van der Waals surface area contributed by atoms with Crippen LogP contribution in [0.15, 0.2) is 18.2 Å². The van der Waals surface area contributed by atoms with Gasteiger partial charge < -0.3 is 14.6 Å². The lowest BCUT2D eigenvalue weighted by Gasteiger charge is -2.11. The Morgan fingerprint density at radius 1 is 1.25 bits per heavy atom. The van der Waals surface area contributed by atoms with Crippen LogP contribution < -0.4 is 9.47 Å². The summed E-state index contributed by atoms with van der Waals surface area (Å²) in [6.45, 7) is 0.726. The minimum atomic E-state index is 0.0193. The van der Waals surface area contributed by atoms with E-state index < -0.39 is 0 Å². The molecule has 0 aliphatic rings. The van der Waals surface area contributed by atoms with Gasteiger partial charge >= 0.3 is 0 Å². The van der Waals surface area contributed by atoms with Crippen LogP contribution in [0.2, 0.25) is 0 Å². The highest BCUT2D eigenvalue weighted by molar-refractivity contribution is 14.1. The van der Waals surface area contributed by atoms with Crippen LogP contribution in [0.5, 0.6) is 11.5 Å². The lowest BCUT2D eigenvalue weighted by Crippen LogP contribution is -2.00. The topological polar surface area (TPSA) is 38.7 Å². The zero-order valence-electron chi connectivity index (χ0n) is 9.41.